The van der Waals surface area contributed by atoms with E-state index in [1.807, 2.05) is 29.6 Å². The van der Waals surface area contributed by atoms with E-state index >= 15 is 0 Å². The Morgan fingerprint density at radius 1 is 1.11 bits per heavy atom. The van der Waals surface area contributed by atoms with E-state index in [1.165, 1.54) is 23.5 Å². The minimum atomic E-state index is -0.299. The van der Waals surface area contributed by atoms with Gasteiger partial charge in [-0.3, -0.25) is 4.79 Å². The van der Waals surface area contributed by atoms with Gasteiger partial charge in [-0.2, -0.15) is 0 Å². The van der Waals surface area contributed by atoms with E-state index in [2.05, 4.69) is 31.6 Å². The Morgan fingerprint density at radius 3 is 2.52 bits per heavy atom. The quantitative estimate of drug-likeness (QED) is 0.475. The van der Waals surface area contributed by atoms with Gasteiger partial charge in [-0.1, -0.05) is 17.3 Å². The van der Waals surface area contributed by atoms with Crippen LogP contribution in [0.3, 0.4) is 0 Å². The first kappa shape index (κ1) is 17.6. The van der Waals surface area contributed by atoms with Crippen LogP contribution in [0.25, 0.3) is 16.9 Å². The van der Waals surface area contributed by atoms with E-state index in [0.29, 0.717) is 16.3 Å². The summed E-state index contributed by atoms with van der Waals surface area (Å²) >= 11 is 4.72. The van der Waals surface area contributed by atoms with E-state index in [-0.39, 0.29) is 11.7 Å². The van der Waals surface area contributed by atoms with Crippen LogP contribution in [0, 0.1) is 5.82 Å². The molecule has 0 bridgehead atoms. The molecule has 4 aromatic rings. The SMILES string of the molecule is O=C(Nc1ccc(-c2cn(-c3ccc(F)cc3)nn2)cc1)c1cc(Br)cs1. The number of carbonyl (C=O) groups excluding carboxylic acids is 1. The lowest BCUT2D eigenvalue weighted by Crippen LogP contribution is -2.09. The molecule has 2 heterocycles. The number of amides is 1. The van der Waals surface area contributed by atoms with E-state index in [4.69, 9.17) is 0 Å². The van der Waals surface area contributed by atoms with Crippen LogP contribution in [0.1, 0.15) is 9.67 Å². The second kappa shape index (κ2) is 7.42. The van der Waals surface area contributed by atoms with Gasteiger partial charge in [0.05, 0.1) is 16.8 Å². The molecule has 134 valence electrons. The highest BCUT2D eigenvalue weighted by Crippen LogP contribution is 2.23. The van der Waals surface area contributed by atoms with Crippen molar-refractivity contribution in [1.82, 2.24) is 15.0 Å². The maximum atomic E-state index is 13.0. The molecule has 0 spiro atoms. The van der Waals surface area contributed by atoms with E-state index in [9.17, 15) is 9.18 Å². The molecule has 0 saturated carbocycles. The molecule has 4 rings (SSSR count). The van der Waals surface area contributed by atoms with Gasteiger partial charge in [-0.15, -0.1) is 16.4 Å². The van der Waals surface area contributed by atoms with Gasteiger partial charge in [-0.25, -0.2) is 9.07 Å². The van der Waals surface area contributed by atoms with Crippen molar-refractivity contribution >= 4 is 38.9 Å². The summed E-state index contributed by atoms with van der Waals surface area (Å²) in [5, 5.41) is 13.0. The first-order chi connectivity index (χ1) is 13.1. The summed E-state index contributed by atoms with van der Waals surface area (Å²) in [5.41, 5.74) is 2.96. The molecule has 0 fully saturated rings. The lowest BCUT2D eigenvalue weighted by atomic mass is 10.1. The van der Waals surface area contributed by atoms with E-state index in [0.717, 1.165) is 15.7 Å². The standard InChI is InChI=1S/C19H12BrFN4OS/c20-13-9-18(27-11-13)19(26)22-15-5-1-12(2-6-15)17-10-25(24-23-17)16-7-3-14(21)4-8-16/h1-11H,(H,22,26). The van der Waals surface area contributed by atoms with Crippen LogP contribution in [0.2, 0.25) is 0 Å². The van der Waals surface area contributed by atoms with Crippen molar-refractivity contribution in [3.63, 3.8) is 0 Å². The highest BCUT2D eigenvalue weighted by atomic mass is 79.9. The average Bonchev–Trinajstić information content (AvgIpc) is 3.32. The van der Waals surface area contributed by atoms with Crippen molar-refractivity contribution in [2.75, 3.05) is 5.32 Å². The number of benzene rings is 2. The molecule has 0 aliphatic rings. The number of nitrogens with one attached hydrogen (secondary N) is 1. The van der Waals surface area contributed by atoms with Crippen LogP contribution < -0.4 is 5.32 Å². The van der Waals surface area contributed by atoms with Crippen molar-refractivity contribution in [3.05, 3.63) is 81.3 Å². The number of hydrogen-bond donors (Lipinski definition) is 1. The molecule has 2 aromatic carbocycles. The predicted octanol–water partition coefficient (Wildman–Crippen LogP) is 5.15. The Kier molecular flexibility index (Phi) is 4.83. The Labute approximate surface area is 166 Å². The molecule has 0 saturated heterocycles. The lowest BCUT2D eigenvalue weighted by molar-refractivity contribution is 0.103. The fraction of sp³-hybridized carbons (Fsp3) is 0. The number of nitrogens with zero attached hydrogens (tertiary/aromatic N) is 3. The Morgan fingerprint density at radius 2 is 1.85 bits per heavy atom. The van der Waals surface area contributed by atoms with Gasteiger partial charge in [-0.05, 0) is 58.4 Å². The Hall–Kier alpha value is -2.84. The fourth-order valence-corrected chi connectivity index (χ4v) is 3.79. The van der Waals surface area contributed by atoms with Crippen molar-refractivity contribution in [2.24, 2.45) is 0 Å². The van der Waals surface area contributed by atoms with Crippen molar-refractivity contribution < 1.29 is 9.18 Å². The van der Waals surface area contributed by atoms with Crippen LogP contribution in [0.4, 0.5) is 10.1 Å². The third kappa shape index (κ3) is 3.96. The van der Waals surface area contributed by atoms with E-state index in [1.54, 1.807) is 29.1 Å². The molecule has 0 unspecified atom stereocenters. The largest absolute Gasteiger partial charge is 0.321 e. The maximum absolute atomic E-state index is 13.0. The van der Waals surface area contributed by atoms with Crippen molar-refractivity contribution in [2.45, 2.75) is 0 Å². The summed E-state index contributed by atoms with van der Waals surface area (Å²) in [6.45, 7) is 0. The average molecular weight is 443 g/mol. The summed E-state index contributed by atoms with van der Waals surface area (Å²) in [5.74, 6) is -0.452. The van der Waals surface area contributed by atoms with Crippen LogP contribution in [0.15, 0.2) is 70.6 Å². The zero-order valence-electron chi connectivity index (χ0n) is 13.8. The molecule has 0 aliphatic heterocycles. The summed E-state index contributed by atoms with van der Waals surface area (Å²) in [4.78, 5) is 12.8. The van der Waals surface area contributed by atoms with Gasteiger partial charge >= 0.3 is 0 Å². The highest BCUT2D eigenvalue weighted by Gasteiger charge is 2.10. The number of rotatable bonds is 4. The van der Waals surface area contributed by atoms with Gasteiger partial charge in [0.25, 0.3) is 5.91 Å². The number of aromatic nitrogens is 3. The van der Waals surface area contributed by atoms with Crippen molar-refractivity contribution in [3.8, 4) is 16.9 Å². The van der Waals surface area contributed by atoms with Gasteiger partial charge < -0.3 is 5.32 Å². The molecule has 0 aliphatic carbocycles. The lowest BCUT2D eigenvalue weighted by Gasteiger charge is -2.04. The van der Waals surface area contributed by atoms with Crippen LogP contribution >= 0.6 is 27.3 Å². The predicted molar refractivity (Wildman–Crippen MR) is 107 cm³/mol. The molecule has 0 atom stereocenters. The van der Waals surface area contributed by atoms with Crippen LogP contribution in [-0.2, 0) is 0 Å². The molecule has 1 N–H and O–H groups in total. The molecule has 5 nitrogen and oxygen atoms in total. The third-order valence-corrected chi connectivity index (χ3v) is 5.50. The Bertz CT molecular complexity index is 1090. The number of hydrogen-bond acceptors (Lipinski definition) is 4. The molecule has 2 aromatic heterocycles. The highest BCUT2D eigenvalue weighted by molar-refractivity contribution is 9.10. The molecule has 27 heavy (non-hydrogen) atoms. The number of anilines is 1. The minimum Gasteiger partial charge on any atom is -0.321 e. The summed E-state index contributed by atoms with van der Waals surface area (Å²) in [7, 11) is 0. The second-order valence-electron chi connectivity index (χ2n) is 5.69. The summed E-state index contributed by atoms with van der Waals surface area (Å²) in [6, 6.07) is 15.1. The van der Waals surface area contributed by atoms with Crippen LogP contribution in [0.5, 0.6) is 0 Å². The number of halogens is 2. The zero-order valence-corrected chi connectivity index (χ0v) is 16.2. The Balaban J connectivity index is 1.49. The molecule has 0 radical (unpaired) electrons. The topological polar surface area (TPSA) is 59.8 Å². The van der Waals surface area contributed by atoms with E-state index < -0.39 is 0 Å². The monoisotopic (exact) mass is 442 g/mol. The number of thiophene rings is 1. The van der Waals surface area contributed by atoms with Gasteiger partial charge in [0.2, 0.25) is 0 Å². The molecular weight excluding hydrogens is 431 g/mol. The second-order valence-corrected chi connectivity index (χ2v) is 7.51. The smallest absolute Gasteiger partial charge is 0.265 e. The first-order valence-electron chi connectivity index (χ1n) is 7.92. The molecular formula is C19H12BrFN4OS. The molecule has 1 amide bonds. The summed E-state index contributed by atoms with van der Waals surface area (Å²) < 4.78 is 15.5. The van der Waals surface area contributed by atoms with Gasteiger partial charge in [0.15, 0.2) is 0 Å². The third-order valence-electron chi connectivity index (χ3n) is 3.81. The fourth-order valence-electron chi connectivity index (χ4n) is 2.47. The number of carbonyl (C=O) groups is 1. The van der Waals surface area contributed by atoms with Gasteiger partial charge in [0, 0.05) is 21.1 Å². The zero-order chi connectivity index (χ0) is 18.8. The maximum Gasteiger partial charge on any atom is 0.265 e. The normalized spacial score (nSPS) is 10.7. The molecule has 8 heteroatoms. The first-order valence-corrected chi connectivity index (χ1v) is 9.60. The van der Waals surface area contributed by atoms with Gasteiger partial charge in [0.1, 0.15) is 11.5 Å². The van der Waals surface area contributed by atoms with Crippen molar-refractivity contribution in [1.29, 1.82) is 0 Å². The summed E-state index contributed by atoms with van der Waals surface area (Å²) in [6.07, 6.45) is 1.77. The minimum absolute atomic E-state index is 0.152. The van der Waals surface area contributed by atoms with Crippen LogP contribution in [-0.4, -0.2) is 20.9 Å².